The predicted octanol–water partition coefficient (Wildman–Crippen LogP) is 4.96. The molecule has 0 aliphatic carbocycles. The number of phenolic OH excluding ortho intramolecular Hbond substituents is 1. The molecule has 1 N–H and O–H groups in total. The molecule has 7 heteroatoms. The van der Waals surface area contributed by atoms with E-state index in [0.29, 0.717) is 20.9 Å². The Morgan fingerprint density at radius 2 is 1.58 bits per heavy atom. The van der Waals surface area contributed by atoms with Gasteiger partial charge >= 0.3 is 0 Å². The van der Waals surface area contributed by atoms with Crippen LogP contribution in [0.3, 0.4) is 0 Å². The Balaban J connectivity index is 1.59. The molecule has 0 aliphatic heterocycles. The number of hydrogen-bond donors (Lipinski definition) is 1. The van der Waals surface area contributed by atoms with Crippen molar-refractivity contribution in [3.63, 3.8) is 0 Å². The molecule has 6 nitrogen and oxygen atoms in total. The van der Waals surface area contributed by atoms with Gasteiger partial charge in [0.05, 0.1) is 11.9 Å². The van der Waals surface area contributed by atoms with Crippen LogP contribution in [-0.4, -0.2) is 26.9 Å². The lowest BCUT2D eigenvalue weighted by atomic mass is 10.0. The van der Waals surface area contributed by atoms with Crippen LogP contribution < -0.4 is 4.80 Å². The molecule has 33 heavy (non-hydrogen) atoms. The first kappa shape index (κ1) is 20.5. The van der Waals surface area contributed by atoms with Crippen molar-refractivity contribution in [2.45, 2.75) is 0 Å². The molecule has 0 saturated carbocycles. The maximum absolute atomic E-state index is 13.0. The number of nitrogens with zero attached hydrogens (tertiary/aromatic N) is 4. The summed E-state index contributed by atoms with van der Waals surface area (Å²) >= 11 is 1.16. The van der Waals surface area contributed by atoms with Gasteiger partial charge in [-0.1, -0.05) is 90.2 Å². The van der Waals surface area contributed by atoms with E-state index in [1.807, 2.05) is 78.9 Å². The van der Waals surface area contributed by atoms with Crippen molar-refractivity contribution in [1.82, 2.24) is 9.78 Å². The zero-order valence-corrected chi connectivity index (χ0v) is 18.2. The number of carbonyl (C=O) groups excluding carboxylic acids is 1. The van der Waals surface area contributed by atoms with E-state index in [0.717, 1.165) is 27.8 Å². The third-order valence-electron chi connectivity index (χ3n) is 5.07. The monoisotopic (exact) mass is 450 g/mol. The first-order valence-corrected chi connectivity index (χ1v) is 11.1. The molecule has 0 radical (unpaired) electrons. The number of aromatic hydroxyl groups is 1. The van der Waals surface area contributed by atoms with Crippen LogP contribution in [0.4, 0.5) is 0 Å². The molecular formula is C26H18N4O2S. The Hall–Kier alpha value is -4.36. The van der Waals surface area contributed by atoms with Gasteiger partial charge in [0.2, 0.25) is 10.6 Å². The molecule has 160 valence electrons. The van der Waals surface area contributed by atoms with Crippen LogP contribution in [0, 0.1) is 0 Å². The lowest BCUT2D eigenvalue weighted by Crippen LogP contribution is -2.14. The molecule has 0 fully saturated rings. The van der Waals surface area contributed by atoms with E-state index in [4.69, 9.17) is 0 Å². The second-order valence-electron chi connectivity index (χ2n) is 7.20. The Morgan fingerprint density at radius 1 is 0.879 bits per heavy atom. The van der Waals surface area contributed by atoms with E-state index in [1.165, 1.54) is 6.21 Å². The summed E-state index contributed by atoms with van der Waals surface area (Å²) in [6, 6.07) is 29.7. The van der Waals surface area contributed by atoms with Gasteiger partial charge in [0, 0.05) is 11.1 Å². The van der Waals surface area contributed by atoms with Crippen molar-refractivity contribution in [2.24, 2.45) is 10.2 Å². The topological polar surface area (TPSA) is 79.8 Å². The first-order valence-electron chi connectivity index (χ1n) is 10.2. The minimum Gasteiger partial charge on any atom is -0.507 e. The molecule has 0 saturated heterocycles. The summed E-state index contributed by atoms with van der Waals surface area (Å²) in [6.07, 6.45) is 1.52. The lowest BCUT2D eigenvalue weighted by Gasteiger charge is -2.03. The van der Waals surface area contributed by atoms with E-state index < -0.39 is 0 Å². The van der Waals surface area contributed by atoms with E-state index in [1.54, 1.807) is 22.9 Å². The summed E-state index contributed by atoms with van der Waals surface area (Å²) in [4.78, 5) is 13.4. The SMILES string of the molecule is O=C(c1ccccc1)c1nn(-c2ccccc2)/c(=N/N=C\c2c(O)ccc3ccccc23)s1. The third kappa shape index (κ3) is 4.22. The summed E-state index contributed by atoms with van der Waals surface area (Å²) in [5.74, 6) is -0.0600. The van der Waals surface area contributed by atoms with Crippen molar-refractivity contribution >= 4 is 34.1 Å². The lowest BCUT2D eigenvalue weighted by molar-refractivity contribution is 0.103. The molecule has 4 aromatic carbocycles. The van der Waals surface area contributed by atoms with Crippen LogP contribution in [0.2, 0.25) is 0 Å². The summed E-state index contributed by atoms with van der Waals surface area (Å²) in [7, 11) is 0. The molecule has 5 rings (SSSR count). The standard InChI is InChI=1S/C26H18N4O2S/c31-23-16-15-18-9-7-8-14-21(18)22(23)17-27-28-26-30(20-12-5-2-6-13-20)29-25(33-26)24(32)19-10-3-1-4-11-19/h1-17,31H/b27-17-,28-26-. The Labute approximate surface area is 193 Å². The summed E-state index contributed by atoms with van der Waals surface area (Å²) in [5, 5.41) is 25.6. The van der Waals surface area contributed by atoms with Crippen molar-refractivity contribution in [1.29, 1.82) is 0 Å². The van der Waals surface area contributed by atoms with Gasteiger partial charge in [0.15, 0.2) is 5.01 Å². The van der Waals surface area contributed by atoms with Crippen LogP contribution in [-0.2, 0) is 0 Å². The fourth-order valence-corrected chi connectivity index (χ4v) is 4.27. The highest BCUT2D eigenvalue weighted by Crippen LogP contribution is 2.25. The fourth-order valence-electron chi connectivity index (χ4n) is 3.44. The third-order valence-corrected chi connectivity index (χ3v) is 5.97. The molecule has 5 aromatic rings. The number of carbonyl (C=O) groups is 1. The molecular weight excluding hydrogens is 432 g/mol. The van der Waals surface area contributed by atoms with Gasteiger partial charge in [-0.15, -0.1) is 5.10 Å². The second kappa shape index (κ2) is 9.02. The average molecular weight is 451 g/mol. The molecule has 0 bridgehead atoms. The van der Waals surface area contributed by atoms with Gasteiger partial charge in [0.1, 0.15) is 5.75 Å². The number of rotatable bonds is 5. The summed E-state index contributed by atoms with van der Waals surface area (Å²) in [6.45, 7) is 0. The smallest absolute Gasteiger partial charge is 0.233 e. The van der Waals surface area contributed by atoms with Gasteiger partial charge in [0.25, 0.3) is 0 Å². The number of aromatic nitrogens is 2. The van der Waals surface area contributed by atoms with E-state index in [-0.39, 0.29) is 11.5 Å². The highest BCUT2D eigenvalue weighted by Gasteiger charge is 2.16. The minimum atomic E-state index is -0.178. The molecule has 0 aliphatic rings. The van der Waals surface area contributed by atoms with Crippen molar-refractivity contribution < 1.29 is 9.90 Å². The van der Waals surface area contributed by atoms with Crippen LogP contribution in [0.1, 0.15) is 20.9 Å². The molecule has 1 heterocycles. The minimum absolute atomic E-state index is 0.118. The Morgan fingerprint density at radius 3 is 2.36 bits per heavy atom. The van der Waals surface area contributed by atoms with Crippen molar-refractivity contribution in [2.75, 3.05) is 0 Å². The van der Waals surface area contributed by atoms with Gasteiger partial charge in [-0.2, -0.15) is 10.2 Å². The Kier molecular flexibility index (Phi) is 5.61. The van der Waals surface area contributed by atoms with E-state index >= 15 is 0 Å². The second-order valence-corrected chi connectivity index (χ2v) is 8.15. The van der Waals surface area contributed by atoms with Crippen LogP contribution in [0.15, 0.2) is 107 Å². The normalized spacial score (nSPS) is 11.9. The zero-order chi connectivity index (χ0) is 22.6. The predicted molar refractivity (Wildman–Crippen MR) is 130 cm³/mol. The average Bonchev–Trinajstić information content (AvgIpc) is 3.30. The maximum atomic E-state index is 13.0. The number of para-hydroxylation sites is 1. The van der Waals surface area contributed by atoms with E-state index in [2.05, 4.69) is 15.3 Å². The van der Waals surface area contributed by atoms with Crippen molar-refractivity contribution in [3.8, 4) is 11.4 Å². The molecule has 1 aromatic heterocycles. The number of fused-ring (bicyclic) bond motifs is 1. The quantitative estimate of drug-likeness (QED) is 0.234. The largest absolute Gasteiger partial charge is 0.507 e. The summed E-state index contributed by atoms with van der Waals surface area (Å²) in [5.41, 5.74) is 1.90. The van der Waals surface area contributed by atoms with Gasteiger partial charge < -0.3 is 5.11 Å². The first-order chi connectivity index (χ1) is 16.2. The van der Waals surface area contributed by atoms with Crippen LogP contribution in [0.5, 0.6) is 5.75 Å². The van der Waals surface area contributed by atoms with Crippen LogP contribution in [0.25, 0.3) is 16.5 Å². The molecule has 0 atom stereocenters. The number of benzene rings is 4. The highest BCUT2D eigenvalue weighted by molar-refractivity contribution is 7.11. The number of hydrogen-bond acceptors (Lipinski definition) is 6. The van der Waals surface area contributed by atoms with Crippen molar-refractivity contribution in [3.05, 3.63) is 118 Å². The van der Waals surface area contributed by atoms with Gasteiger partial charge in [-0.25, -0.2) is 4.68 Å². The van der Waals surface area contributed by atoms with E-state index in [9.17, 15) is 9.90 Å². The Bertz CT molecular complexity index is 1540. The maximum Gasteiger partial charge on any atom is 0.233 e. The molecule has 0 amide bonds. The fraction of sp³-hybridized carbons (Fsp3) is 0. The summed E-state index contributed by atoms with van der Waals surface area (Å²) < 4.78 is 1.60. The number of ketones is 1. The molecule has 0 spiro atoms. The highest BCUT2D eigenvalue weighted by atomic mass is 32.1. The van der Waals surface area contributed by atoms with Crippen LogP contribution >= 0.6 is 11.3 Å². The van der Waals surface area contributed by atoms with Gasteiger partial charge in [-0.05, 0) is 29.0 Å². The molecule has 0 unspecified atom stereocenters. The zero-order valence-electron chi connectivity index (χ0n) is 17.4. The number of phenols is 1. The van der Waals surface area contributed by atoms with Gasteiger partial charge in [-0.3, -0.25) is 4.79 Å².